The van der Waals surface area contributed by atoms with Crippen LogP contribution >= 0.6 is 0 Å². The molecule has 0 saturated carbocycles. The maximum absolute atomic E-state index is 13.6. The Hall–Kier alpha value is -2.69. The van der Waals surface area contributed by atoms with Gasteiger partial charge in [0, 0.05) is 24.8 Å². The van der Waals surface area contributed by atoms with E-state index in [9.17, 15) is 14.0 Å². The molecule has 2 amide bonds. The Labute approximate surface area is 141 Å². The van der Waals surface area contributed by atoms with E-state index in [1.165, 1.54) is 11.0 Å². The number of benzene rings is 2. The molecule has 0 fully saturated rings. The minimum absolute atomic E-state index is 0.0390. The summed E-state index contributed by atoms with van der Waals surface area (Å²) in [5, 5.41) is 2.64. The number of hydrogen-bond acceptors (Lipinski definition) is 2. The van der Waals surface area contributed by atoms with Crippen LogP contribution in [-0.2, 0) is 16.1 Å². The summed E-state index contributed by atoms with van der Waals surface area (Å²) in [6.45, 7) is 3.16. The zero-order valence-corrected chi connectivity index (χ0v) is 14.0. The molecule has 0 aromatic heterocycles. The highest BCUT2D eigenvalue weighted by atomic mass is 19.1. The first-order chi connectivity index (χ1) is 11.3. The van der Waals surface area contributed by atoms with Crippen molar-refractivity contribution in [2.24, 2.45) is 5.41 Å². The second-order valence-corrected chi connectivity index (χ2v) is 6.10. The summed E-state index contributed by atoms with van der Waals surface area (Å²) < 4.78 is 13.6. The maximum atomic E-state index is 13.6. The molecule has 0 heterocycles. The molecule has 0 unspecified atom stereocenters. The standard InChI is InChI=1S/C19H21FN2O2/c1-19(2,18(24)22(3)15-10-5-4-6-11-15)17(23)21-13-14-9-7-8-12-16(14)20/h4-12H,13H2,1-3H3,(H,21,23). The van der Waals surface area contributed by atoms with Gasteiger partial charge in [-0.25, -0.2) is 4.39 Å². The van der Waals surface area contributed by atoms with E-state index in [0.717, 1.165) is 0 Å². The number of carbonyl (C=O) groups excluding carboxylic acids is 2. The maximum Gasteiger partial charge on any atom is 0.241 e. The molecule has 5 heteroatoms. The summed E-state index contributed by atoms with van der Waals surface area (Å²) in [6, 6.07) is 15.3. The molecule has 0 aliphatic heterocycles. The van der Waals surface area contributed by atoms with Crippen molar-refractivity contribution in [2.45, 2.75) is 20.4 Å². The number of halogens is 1. The van der Waals surface area contributed by atoms with Gasteiger partial charge in [0.15, 0.2) is 0 Å². The second-order valence-electron chi connectivity index (χ2n) is 6.10. The van der Waals surface area contributed by atoms with Gasteiger partial charge in [-0.15, -0.1) is 0 Å². The molecule has 0 aliphatic carbocycles. The van der Waals surface area contributed by atoms with E-state index in [2.05, 4.69) is 5.32 Å². The van der Waals surface area contributed by atoms with Crippen LogP contribution in [0.1, 0.15) is 19.4 Å². The van der Waals surface area contributed by atoms with Crippen molar-refractivity contribution in [3.8, 4) is 0 Å². The highest BCUT2D eigenvalue weighted by Gasteiger charge is 2.38. The average Bonchev–Trinajstić information content (AvgIpc) is 2.60. The third kappa shape index (κ3) is 3.79. The molecule has 0 aliphatic rings. The number of nitrogens with zero attached hydrogens (tertiary/aromatic N) is 1. The first-order valence-corrected chi connectivity index (χ1v) is 7.69. The summed E-state index contributed by atoms with van der Waals surface area (Å²) in [6.07, 6.45) is 0. The second kappa shape index (κ2) is 7.25. The predicted octanol–water partition coefficient (Wildman–Crippen LogP) is 3.13. The van der Waals surface area contributed by atoms with Crippen LogP contribution in [0.3, 0.4) is 0 Å². The summed E-state index contributed by atoms with van der Waals surface area (Å²) >= 11 is 0. The van der Waals surface area contributed by atoms with E-state index in [4.69, 9.17) is 0 Å². The molecule has 0 atom stereocenters. The van der Waals surface area contributed by atoms with Gasteiger partial charge in [0.05, 0.1) is 0 Å². The molecule has 0 saturated heterocycles. The number of carbonyl (C=O) groups is 2. The lowest BCUT2D eigenvalue weighted by Gasteiger charge is -2.28. The third-order valence-electron chi connectivity index (χ3n) is 3.95. The Morgan fingerprint density at radius 2 is 1.62 bits per heavy atom. The molecule has 24 heavy (non-hydrogen) atoms. The normalized spacial score (nSPS) is 11.0. The van der Waals surface area contributed by atoms with Crippen molar-refractivity contribution in [3.63, 3.8) is 0 Å². The fourth-order valence-corrected chi connectivity index (χ4v) is 2.32. The molecule has 0 spiro atoms. The number of rotatable bonds is 5. The van der Waals surface area contributed by atoms with E-state index in [1.807, 2.05) is 18.2 Å². The highest BCUT2D eigenvalue weighted by molar-refractivity contribution is 6.10. The molecule has 0 bridgehead atoms. The zero-order valence-electron chi connectivity index (χ0n) is 14.0. The van der Waals surface area contributed by atoms with Gasteiger partial charge >= 0.3 is 0 Å². The van der Waals surface area contributed by atoms with Gasteiger partial charge < -0.3 is 10.2 Å². The van der Waals surface area contributed by atoms with Crippen molar-refractivity contribution in [1.82, 2.24) is 5.32 Å². The average molecular weight is 328 g/mol. The quantitative estimate of drug-likeness (QED) is 0.857. The fraction of sp³-hybridized carbons (Fsp3) is 0.263. The van der Waals surface area contributed by atoms with Crippen molar-refractivity contribution in [2.75, 3.05) is 11.9 Å². The molecule has 0 radical (unpaired) electrons. The highest BCUT2D eigenvalue weighted by Crippen LogP contribution is 2.23. The van der Waals surface area contributed by atoms with Crippen LogP contribution in [0.4, 0.5) is 10.1 Å². The van der Waals surface area contributed by atoms with E-state index in [-0.39, 0.29) is 18.3 Å². The first kappa shape index (κ1) is 17.7. The number of amides is 2. The van der Waals surface area contributed by atoms with Crippen LogP contribution in [0.2, 0.25) is 0 Å². The minimum Gasteiger partial charge on any atom is -0.351 e. The van der Waals surface area contributed by atoms with Gasteiger partial charge in [-0.05, 0) is 32.0 Å². The van der Waals surface area contributed by atoms with Crippen LogP contribution in [0, 0.1) is 11.2 Å². The largest absolute Gasteiger partial charge is 0.351 e. The van der Waals surface area contributed by atoms with Crippen LogP contribution in [0.25, 0.3) is 0 Å². The number of anilines is 1. The van der Waals surface area contributed by atoms with E-state index < -0.39 is 11.3 Å². The predicted molar refractivity (Wildman–Crippen MR) is 91.9 cm³/mol. The molecule has 1 N–H and O–H groups in total. The monoisotopic (exact) mass is 328 g/mol. The minimum atomic E-state index is -1.27. The molecule has 2 rings (SSSR count). The van der Waals surface area contributed by atoms with E-state index in [1.54, 1.807) is 51.2 Å². The van der Waals surface area contributed by atoms with Gasteiger partial charge in [0.1, 0.15) is 11.2 Å². The summed E-state index contributed by atoms with van der Waals surface area (Å²) in [5.41, 5.74) is -0.182. The Bertz CT molecular complexity index is 729. The summed E-state index contributed by atoms with van der Waals surface area (Å²) in [7, 11) is 1.63. The van der Waals surface area contributed by atoms with Gasteiger partial charge in [0.2, 0.25) is 11.8 Å². The van der Waals surface area contributed by atoms with E-state index in [0.29, 0.717) is 11.3 Å². The smallest absolute Gasteiger partial charge is 0.241 e. The molecule has 4 nitrogen and oxygen atoms in total. The lowest BCUT2D eigenvalue weighted by atomic mass is 9.90. The lowest BCUT2D eigenvalue weighted by molar-refractivity contribution is -0.139. The topological polar surface area (TPSA) is 49.4 Å². The van der Waals surface area contributed by atoms with Crippen LogP contribution in [0.5, 0.6) is 0 Å². The van der Waals surface area contributed by atoms with Crippen LogP contribution in [0.15, 0.2) is 54.6 Å². The molecule has 2 aromatic carbocycles. The van der Waals surface area contributed by atoms with Crippen molar-refractivity contribution < 1.29 is 14.0 Å². The molecule has 2 aromatic rings. The summed E-state index contributed by atoms with van der Waals surface area (Å²) in [5.74, 6) is -1.17. The number of para-hydroxylation sites is 1. The van der Waals surface area contributed by atoms with Gasteiger partial charge in [-0.3, -0.25) is 9.59 Å². The molecular weight excluding hydrogens is 307 g/mol. The first-order valence-electron chi connectivity index (χ1n) is 7.69. The fourth-order valence-electron chi connectivity index (χ4n) is 2.32. The van der Waals surface area contributed by atoms with Crippen molar-refractivity contribution in [3.05, 3.63) is 66.0 Å². The lowest BCUT2D eigenvalue weighted by Crippen LogP contribution is -2.48. The number of hydrogen-bond donors (Lipinski definition) is 1. The third-order valence-corrected chi connectivity index (χ3v) is 3.95. The zero-order chi connectivity index (χ0) is 17.7. The van der Waals surface area contributed by atoms with Crippen molar-refractivity contribution in [1.29, 1.82) is 0 Å². The van der Waals surface area contributed by atoms with Crippen LogP contribution in [-0.4, -0.2) is 18.9 Å². The van der Waals surface area contributed by atoms with Crippen LogP contribution < -0.4 is 10.2 Å². The van der Waals surface area contributed by atoms with Gasteiger partial charge in [-0.2, -0.15) is 0 Å². The SMILES string of the molecule is CN(C(=O)C(C)(C)C(=O)NCc1ccccc1F)c1ccccc1. The van der Waals surface area contributed by atoms with Gasteiger partial charge in [0.25, 0.3) is 0 Å². The van der Waals surface area contributed by atoms with E-state index >= 15 is 0 Å². The van der Waals surface area contributed by atoms with Crippen molar-refractivity contribution >= 4 is 17.5 Å². The Morgan fingerprint density at radius 3 is 2.25 bits per heavy atom. The molecule has 126 valence electrons. The molecular formula is C19H21FN2O2. The Kier molecular flexibility index (Phi) is 5.34. The Morgan fingerprint density at radius 1 is 1.04 bits per heavy atom. The Balaban J connectivity index is 2.07. The number of nitrogens with one attached hydrogen (secondary N) is 1. The summed E-state index contributed by atoms with van der Waals surface area (Å²) in [4.78, 5) is 26.6. The van der Waals surface area contributed by atoms with Gasteiger partial charge in [-0.1, -0.05) is 36.4 Å².